The third-order valence-electron chi connectivity index (χ3n) is 1.85. The van der Waals surface area contributed by atoms with Gasteiger partial charge in [-0.3, -0.25) is 0 Å². The summed E-state index contributed by atoms with van der Waals surface area (Å²) < 4.78 is 22.3. The highest BCUT2D eigenvalue weighted by atomic mass is 79.9. The van der Waals surface area contributed by atoms with Crippen LogP contribution in [0, 0.1) is 0 Å². The number of sulfone groups is 1. The molecule has 0 aromatic heterocycles. The molecule has 4 heteroatoms. The summed E-state index contributed by atoms with van der Waals surface area (Å²) >= 11 is 3.32. The molecule has 0 aromatic carbocycles. The number of alkyl halides is 1. The average molecular weight is 269 g/mol. The number of hydrogen-bond acceptors (Lipinski definition) is 2. The summed E-state index contributed by atoms with van der Waals surface area (Å²) in [6, 6.07) is 0. The molecule has 0 amide bonds. The fourth-order valence-electron chi connectivity index (χ4n) is 0.864. The molecule has 0 atom stereocenters. The quantitative estimate of drug-likeness (QED) is 0.548. The van der Waals surface area contributed by atoms with Crippen LogP contribution in [0.4, 0.5) is 0 Å². The maximum atomic E-state index is 11.1. The van der Waals surface area contributed by atoms with Gasteiger partial charge in [0, 0.05) is 11.1 Å². The highest BCUT2D eigenvalue weighted by Gasteiger charge is 2.06. The van der Waals surface area contributed by atoms with Crippen LogP contribution in [0.25, 0.3) is 0 Å². The van der Waals surface area contributed by atoms with Crippen LogP contribution in [0.5, 0.6) is 0 Å². The number of hydrogen-bond donors (Lipinski definition) is 0. The fraction of sp³-hybridized carbons (Fsp3) is 0.778. The van der Waals surface area contributed by atoms with Gasteiger partial charge < -0.3 is 0 Å². The smallest absolute Gasteiger partial charge is 0.150 e. The summed E-state index contributed by atoms with van der Waals surface area (Å²) in [5, 5.41) is 0.935. The molecule has 0 spiro atoms. The van der Waals surface area contributed by atoms with Gasteiger partial charge in [-0.2, -0.15) is 0 Å². The van der Waals surface area contributed by atoms with Crippen LogP contribution in [0.15, 0.2) is 11.6 Å². The van der Waals surface area contributed by atoms with E-state index in [1.54, 1.807) is 6.92 Å². The normalized spacial score (nSPS) is 13.3. The SMILES string of the molecule is CCS(=O)(=O)CCC(C)=CCCBr. The van der Waals surface area contributed by atoms with Crippen molar-refractivity contribution in [1.29, 1.82) is 0 Å². The zero-order chi connectivity index (χ0) is 10.3. The van der Waals surface area contributed by atoms with Crippen LogP contribution in [0.2, 0.25) is 0 Å². The largest absolute Gasteiger partial charge is 0.229 e. The van der Waals surface area contributed by atoms with Crippen molar-refractivity contribution in [3.63, 3.8) is 0 Å². The summed E-state index contributed by atoms with van der Waals surface area (Å²) in [4.78, 5) is 0. The fourth-order valence-corrected chi connectivity index (χ4v) is 2.01. The topological polar surface area (TPSA) is 34.1 Å². The van der Waals surface area contributed by atoms with Crippen LogP contribution in [-0.4, -0.2) is 25.3 Å². The van der Waals surface area contributed by atoms with Gasteiger partial charge in [-0.25, -0.2) is 8.42 Å². The van der Waals surface area contributed by atoms with E-state index in [0.717, 1.165) is 17.3 Å². The van der Waals surface area contributed by atoms with Gasteiger partial charge >= 0.3 is 0 Å². The van der Waals surface area contributed by atoms with E-state index in [-0.39, 0.29) is 11.5 Å². The summed E-state index contributed by atoms with van der Waals surface area (Å²) in [5.74, 6) is 0.535. The lowest BCUT2D eigenvalue weighted by molar-refractivity contribution is 0.596. The number of halogens is 1. The Bertz CT molecular complexity index is 255. The Morgan fingerprint density at radius 1 is 1.46 bits per heavy atom. The van der Waals surface area contributed by atoms with E-state index in [0.29, 0.717) is 6.42 Å². The van der Waals surface area contributed by atoms with Gasteiger partial charge in [0.05, 0.1) is 5.75 Å². The van der Waals surface area contributed by atoms with Crippen LogP contribution in [-0.2, 0) is 9.84 Å². The lowest BCUT2D eigenvalue weighted by atomic mass is 10.2. The van der Waals surface area contributed by atoms with Gasteiger partial charge in [0.25, 0.3) is 0 Å². The van der Waals surface area contributed by atoms with Crippen molar-refractivity contribution in [1.82, 2.24) is 0 Å². The molecule has 78 valence electrons. The first-order chi connectivity index (χ1) is 6.02. The van der Waals surface area contributed by atoms with E-state index >= 15 is 0 Å². The molecule has 0 fully saturated rings. The third kappa shape index (κ3) is 7.26. The van der Waals surface area contributed by atoms with Gasteiger partial charge in [-0.1, -0.05) is 34.5 Å². The second kappa shape index (κ2) is 6.60. The molecule has 0 aliphatic carbocycles. The lowest BCUT2D eigenvalue weighted by Crippen LogP contribution is -2.08. The molecule has 0 saturated carbocycles. The average Bonchev–Trinajstić information content (AvgIpc) is 2.11. The minimum absolute atomic E-state index is 0.249. The minimum atomic E-state index is -2.79. The summed E-state index contributed by atoms with van der Waals surface area (Å²) in [5.41, 5.74) is 1.16. The molecule has 0 bridgehead atoms. The molecule has 0 saturated heterocycles. The van der Waals surface area contributed by atoms with Crippen LogP contribution in [0.1, 0.15) is 26.7 Å². The monoisotopic (exact) mass is 268 g/mol. The van der Waals surface area contributed by atoms with Crippen LogP contribution >= 0.6 is 15.9 Å². The molecule has 13 heavy (non-hydrogen) atoms. The summed E-state index contributed by atoms with van der Waals surface area (Å²) in [6.45, 7) is 3.67. The van der Waals surface area contributed by atoms with E-state index in [2.05, 4.69) is 22.0 Å². The molecule has 0 N–H and O–H groups in total. The summed E-state index contributed by atoms with van der Waals surface area (Å²) in [7, 11) is -2.79. The Hall–Kier alpha value is 0.170. The summed E-state index contributed by atoms with van der Waals surface area (Å²) in [6.07, 6.45) is 3.72. The van der Waals surface area contributed by atoms with Gasteiger partial charge in [-0.05, 0) is 19.8 Å². The van der Waals surface area contributed by atoms with Gasteiger partial charge in [-0.15, -0.1) is 0 Å². The zero-order valence-corrected chi connectivity index (χ0v) is 10.6. The maximum absolute atomic E-state index is 11.1. The third-order valence-corrected chi connectivity index (χ3v) is 4.01. The lowest BCUT2D eigenvalue weighted by Gasteiger charge is -2.01. The molecule has 0 radical (unpaired) electrons. The maximum Gasteiger partial charge on any atom is 0.150 e. The second-order valence-electron chi connectivity index (χ2n) is 3.01. The number of allylic oxidation sites excluding steroid dienone is 2. The molecule has 0 heterocycles. The van der Waals surface area contributed by atoms with Crippen molar-refractivity contribution in [2.75, 3.05) is 16.8 Å². The van der Waals surface area contributed by atoms with E-state index in [1.165, 1.54) is 0 Å². The predicted octanol–water partition coefficient (Wildman–Crippen LogP) is 2.54. The van der Waals surface area contributed by atoms with Crippen molar-refractivity contribution in [2.24, 2.45) is 0 Å². The second-order valence-corrected chi connectivity index (χ2v) is 6.28. The molecule has 0 aliphatic heterocycles. The predicted molar refractivity (Wildman–Crippen MR) is 61.1 cm³/mol. The molecule has 0 aliphatic rings. The van der Waals surface area contributed by atoms with E-state index in [1.807, 2.05) is 6.92 Å². The first-order valence-corrected chi connectivity index (χ1v) is 7.38. The Labute approximate surface area is 89.5 Å². The molecule has 2 nitrogen and oxygen atoms in total. The highest BCUT2D eigenvalue weighted by molar-refractivity contribution is 9.09. The molecule has 0 rings (SSSR count). The molecular formula is C9H17BrO2S. The zero-order valence-electron chi connectivity index (χ0n) is 8.22. The van der Waals surface area contributed by atoms with E-state index in [9.17, 15) is 8.42 Å². The molecule has 0 aromatic rings. The van der Waals surface area contributed by atoms with E-state index in [4.69, 9.17) is 0 Å². The highest BCUT2D eigenvalue weighted by Crippen LogP contribution is 2.05. The Balaban J connectivity index is 3.89. The number of rotatable bonds is 6. The van der Waals surface area contributed by atoms with Crippen molar-refractivity contribution in [3.05, 3.63) is 11.6 Å². The van der Waals surface area contributed by atoms with Crippen molar-refractivity contribution >= 4 is 25.8 Å². The van der Waals surface area contributed by atoms with Crippen LogP contribution < -0.4 is 0 Å². The molecular weight excluding hydrogens is 252 g/mol. The van der Waals surface area contributed by atoms with Crippen molar-refractivity contribution < 1.29 is 8.42 Å². The minimum Gasteiger partial charge on any atom is -0.229 e. The van der Waals surface area contributed by atoms with Crippen molar-refractivity contribution in [2.45, 2.75) is 26.7 Å². The Morgan fingerprint density at radius 2 is 2.08 bits per heavy atom. The van der Waals surface area contributed by atoms with E-state index < -0.39 is 9.84 Å². The Kier molecular flexibility index (Phi) is 6.68. The van der Waals surface area contributed by atoms with Gasteiger partial charge in [0.15, 0.2) is 0 Å². The van der Waals surface area contributed by atoms with Gasteiger partial charge in [0.2, 0.25) is 0 Å². The first-order valence-electron chi connectivity index (χ1n) is 4.44. The van der Waals surface area contributed by atoms with Gasteiger partial charge in [0.1, 0.15) is 9.84 Å². The molecule has 0 unspecified atom stereocenters. The standard InChI is InChI=1S/C9H17BrO2S/c1-3-13(11,12)8-6-9(2)5-4-7-10/h5H,3-4,6-8H2,1-2H3. The first kappa shape index (κ1) is 13.2. The van der Waals surface area contributed by atoms with Crippen LogP contribution in [0.3, 0.4) is 0 Å². The van der Waals surface area contributed by atoms with Crippen molar-refractivity contribution in [3.8, 4) is 0 Å². The Morgan fingerprint density at radius 3 is 2.54 bits per heavy atom.